The number of carbonyl (C=O) groups is 1. The molecule has 0 spiro atoms. The second-order valence-electron chi connectivity index (χ2n) is 9.03. The van der Waals surface area contributed by atoms with Crippen molar-refractivity contribution in [1.82, 2.24) is 9.80 Å². The van der Waals surface area contributed by atoms with Gasteiger partial charge < -0.3 is 20.5 Å². The second kappa shape index (κ2) is 12.3. The molecule has 0 aliphatic carbocycles. The number of rotatable bonds is 9. The zero-order valence-corrected chi connectivity index (χ0v) is 20.8. The number of halogens is 2. The number of hydrogen-bond donors (Lipinski definition) is 2. The fourth-order valence-corrected chi connectivity index (χ4v) is 4.54. The van der Waals surface area contributed by atoms with Crippen LogP contribution in [0.25, 0.3) is 0 Å². The Morgan fingerprint density at radius 1 is 1.03 bits per heavy atom. The molecule has 3 aromatic carbocycles. The maximum Gasteiger partial charge on any atom is 0.260 e. The molecule has 4 rings (SSSR count). The summed E-state index contributed by atoms with van der Waals surface area (Å²) in [5.41, 5.74) is 8.48. The lowest BCUT2D eigenvalue weighted by Gasteiger charge is -2.42. The summed E-state index contributed by atoms with van der Waals surface area (Å²) in [6, 6.07) is 20.9. The summed E-state index contributed by atoms with van der Waals surface area (Å²) in [5.74, 6) is 0.191. The Labute approximate surface area is 216 Å². The van der Waals surface area contributed by atoms with Crippen LogP contribution < -0.4 is 10.5 Å². The van der Waals surface area contributed by atoms with Gasteiger partial charge in [0.25, 0.3) is 5.91 Å². The molecule has 3 aromatic rings. The number of nitrogens with zero attached hydrogens (tertiary/aromatic N) is 2. The van der Waals surface area contributed by atoms with E-state index >= 15 is 0 Å². The Balaban J connectivity index is 1.43. The van der Waals surface area contributed by atoms with Gasteiger partial charge in [-0.05, 0) is 59.5 Å². The minimum atomic E-state index is -0.696. The maximum atomic E-state index is 13.4. The van der Waals surface area contributed by atoms with E-state index in [-0.39, 0.29) is 24.4 Å². The minimum absolute atomic E-state index is 0.0740. The standard InChI is InChI=1S/C28H31ClFN3O3/c29-23-7-11-26(12-8-23)36-19-28(35)33-14-13-32(17-21-3-9-24(30)10-4-21)25(18-33)15-27(34)22-5-1-20(16-31)2-6-22/h1-12,25,27,34H,13-19,31H2. The largest absolute Gasteiger partial charge is 0.484 e. The molecule has 3 N–H and O–H groups in total. The quantitative estimate of drug-likeness (QED) is 0.451. The molecule has 36 heavy (non-hydrogen) atoms. The SMILES string of the molecule is NCc1ccc(C(O)CC2CN(C(=O)COc3ccc(Cl)cc3)CCN2Cc2ccc(F)cc2)cc1. The smallest absolute Gasteiger partial charge is 0.260 e. The summed E-state index contributed by atoms with van der Waals surface area (Å²) in [4.78, 5) is 17.0. The van der Waals surface area contributed by atoms with Crippen LogP contribution in [-0.4, -0.2) is 53.1 Å². The molecule has 1 fully saturated rings. The summed E-state index contributed by atoms with van der Waals surface area (Å²) in [5, 5.41) is 11.6. The lowest BCUT2D eigenvalue weighted by atomic mass is 9.97. The molecule has 1 amide bonds. The van der Waals surface area contributed by atoms with Gasteiger partial charge in [-0.2, -0.15) is 0 Å². The van der Waals surface area contributed by atoms with Crippen molar-refractivity contribution in [2.45, 2.75) is 31.7 Å². The topological polar surface area (TPSA) is 79.0 Å². The van der Waals surface area contributed by atoms with Crippen molar-refractivity contribution in [2.24, 2.45) is 5.73 Å². The van der Waals surface area contributed by atoms with Crippen molar-refractivity contribution in [3.63, 3.8) is 0 Å². The highest BCUT2D eigenvalue weighted by Crippen LogP contribution is 2.25. The Bertz CT molecular complexity index is 1130. The number of piperazine rings is 1. The van der Waals surface area contributed by atoms with Crippen LogP contribution >= 0.6 is 11.6 Å². The summed E-state index contributed by atoms with van der Waals surface area (Å²) in [6.07, 6.45) is -0.247. The molecular weight excluding hydrogens is 481 g/mol. The van der Waals surface area contributed by atoms with E-state index in [4.69, 9.17) is 22.1 Å². The van der Waals surface area contributed by atoms with Gasteiger partial charge in [0.1, 0.15) is 11.6 Å². The van der Waals surface area contributed by atoms with E-state index in [9.17, 15) is 14.3 Å². The van der Waals surface area contributed by atoms with Gasteiger partial charge in [0, 0.05) is 43.8 Å². The fourth-order valence-electron chi connectivity index (χ4n) is 4.41. The Morgan fingerprint density at radius 3 is 2.36 bits per heavy atom. The van der Waals surface area contributed by atoms with Crippen LogP contribution in [0.15, 0.2) is 72.8 Å². The lowest BCUT2D eigenvalue weighted by Crippen LogP contribution is -2.55. The summed E-state index contributed by atoms with van der Waals surface area (Å²) < 4.78 is 19.1. The highest BCUT2D eigenvalue weighted by molar-refractivity contribution is 6.30. The van der Waals surface area contributed by atoms with Crippen molar-refractivity contribution in [3.8, 4) is 5.75 Å². The van der Waals surface area contributed by atoms with E-state index in [0.29, 0.717) is 49.9 Å². The first-order valence-corrected chi connectivity index (χ1v) is 12.4. The Kier molecular flexibility index (Phi) is 8.93. The third-order valence-electron chi connectivity index (χ3n) is 6.53. The molecule has 0 radical (unpaired) electrons. The Hall–Kier alpha value is -2.97. The van der Waals surface area contributed by atoms with E-state index < -0.39 is 6.10 Å². The van der Waals surface area contributed by atoms with Crippen LogP contribution in [0.3, 0.4) is 0 Å². The number of ether oxygens (including phenoxy) is 1. The van der Waals surface area contributed by atoms with Gasteiger partial charge in [0.05, 0.1) is 6.10 Å². The number of benzene rings is 3. The van der Waals surface area contributed by atoms with E-state index in [2.05, 4.69) is 4.90 Å². The van der Waals surface area contributed by atoms with Crippen LogP contribution in [0.1, 0.15) is 29.2 Å². The normalized spacial score (nSPS) is 17.1. The first-order valence-electron chi connectivity index (χ1n) is 12.0. The molecule has 0 saturated carbocycles. The third-order valence-corrected chi connectivity index (χ3v) is 6.78. The number of amides is 1. The van der Waals surface area contributed by atoms with Gasteiger partial charge in [-0.3, -0.25) is 9.69 Å². The van der Waals surface area contributed by atoms with E-state index in [0.717, 1.165) is 16.7 Å². The third kappa shape index (κ3) is 7.04. The molecule has 2 atom stereocenters. The molecule has 1 aliphatic rings. The Morgan fingerprint density at radius 2 is 1.69 bits per heavy atom. The molecule has 190 valence electrons. The molecular formula is C28H31ClFN3O3. The van der Waals surface area contributed by atoms with Crippen molar-refractivity contribution in [2.75, 3.05) is 26.2 Å². The maximum absolute atomic E-state index is 13.4. The average molecular weight is 512 g/mol. The van der Waals surface area contributed by atoms with E-state index in [1.54, 1.807) is 41.3 Å². The monoisotopic (exact) mass is 511 g/mol. The zero-order chi connectivity index (χ0) is 25.5. The summed E-state index contributed by atoms with van der Waals surface area (Å²) in [6.45, 7) is 2.61. The van der Waals surface area contributed by atoms with Gasteiger partial charge in [-0.1, -0.05) is 48.0 Å². The highest BCUT2D eigenvalue weighted by Gasteiger charge is 2.31. The van der Waals surface area contributed by atoms with Crippen LogP contribution in [0.4, 0.5) is 4.39 Å². The van der Waals surface area contributed by atoms with Gasteiger partial charge in [0.2, 0.25) is 0 Å². The minimum Gasteiger partial charge on any atom is -0.484 e. The molecule has 6 nitrogen and oxygen atoms in total. The number of hydrogen-bond acceptors (Lipinski definition) is 5. The second-order valence-corrected chi connectivity index (χ2v) is 9.47. The average Bonchev–Trinajstić information content (AvgIpc) is 2.90. The van der Waals surface area contributed by atoms with Gasteiger partial charge >= 0.3 is 0 Å². The van der Waals surface area contributed by atoms with Crippen molar-refractivity contribution < 1.29 is 19.0 Å². The van der Waals surface area contributed by atoms with Crippen molar-refractivity contribution in [3.05, 3.63) is 100 Å². The number of aliphatic hydroxyl groups is 1. The van der Waals surface area contributed by atoms with Gasteiger partial charge in [-0.15, -0.1) is 0 Å². The van der Waals surface area contributed by atoms with Gasteiger partial charge in [-0.25, -0.2) is 4.39 Å². The predicted molar refractivity (Wildman–Crippen MR) is 138 cm³/mol. The number of nitrogens with two attached hydrogens (primary N) is 1. The fraction of sp³-hybridized carbons (Fsp3) is 0.321. The van der Waals surface area contributed by atoms with Crippen LogP contribution in [0.2, 0.25) is 5.02 Å². The van der Waals surface area contributed by atoms with Crippen LogP contribution in [0, 0.1) is 5.82 Å². The first-order chi connectivity index (χ1) is 17.4. The summed E-state index contributed by atoms with van der Waals surface area (Å²) >= 11 is 5.91. The molecule has 1 heterocycles. The zero-order valence-electron chi connectivity index (χ0n) is 20.0. The highest BCUT2D eigenvalue weighted by atomic mass is 35.5. The molecule has 8 heteroatoms. The summed E-state index contributed by atoms with van der Waals surface area (Å²) in [7, 11) is 0. The molecule has 0 aromatic heterocycles. The van der Waals surface area contributed by atoms with Crippen molar-refractivity contribution in [1.29, 1.82) is 0 Å². The molecule has 2 unspecified atom stereocenters. The van der Waals surface area contributed by atoms with Crippen LogP contribution in [0.5, 0.6) is 5.75 Å². The number of aliphatic hydroxyl groups excluding tert-OH is 1. The lowest BCUT2D eigenvalue weighted by molar-refractivity contribution is -0.137. The van der Waals surface area contributed by atoms with Crippen LogP contribution in [-0.2, 0) is 17.9 Å². The first kappa shape index (κ1) is 26.1. The number of carbonyl (C=O) groups excluding carboxylic acids is 1. The van der Waals surface area contributed by atoms with E-state index in [1.165, 1.54) is 12.1 Å². The molecule has 1 saturated heterocycles. The van der Waals surface area contributed by atoms with E-state index in [1.807, 2.05) is 24.3 Å². The van der Waals surface area contributed by atoms with Crippen molar-refractivity contribution >= 4 is 17.5 Å². The molecule has 0 bridgehead atoms. The predicted octanol–water partition coefficient (Wildman–Crippen LogP) is 4.15. The molecule has 1 aliphatic heterocycles. The van der Waals surface area contributed by atoms with Gasteiger partial charge in [0.15, 0.2) is 6.61 Å².